The minimum atomic E-state index is -3.99. The summed E-state index contributed by atoms with van der Waals surface area (Å²) >= 11 is 3.59. The standard InChI is InChI=1S/C26H32N2O4S3/c1-5-19(15-25-27(6-2)21-14-18(3)8-10-23(21)33-25)16-26-28(12-7-13-35(29,30)31)22-17-20(32-4)9-11-24(22)34-26/h8-11,14-17,22,24H,5-7,12-13H2,1-4H3/p+1. The van der Waals surface area contributed by atoms with Crippen molar-refractivity contribution in [1.29, 1.82) is 0 Å². The van der Waals surface area contributed by atoms with Crippen molar-refractivity contribution >= 4 is 49.5 Å². The van der Waals surface area contributed by atoms with Gasteiger partial charge in [-0.2, -0.15) is 13.0 Å². The average molecular weight is 534 g/mol. The fourth-order valence-corrected chi connectivity index (χ4v) is 7.54. The molecule has 4 rings (SSSR count). The normalized spacial score (nSPS) is 21.6. The minimum Gasteiger partial charge on any atom is -0.497 e. The first-order valence-electron chi connectivity index (χ1n) is 11.9. The van der Waals surface area contributed by atoms with Gasteiger partial charge in [0.25, 0.3) is 15.1 Å². The van der Waals surface area contributed by atoms with Crippen LogP contribution in [-0.4, -0.2) is 48.6 Å². The van der Waals surface area contributed by atoms with Crippen LogP contribution < -0.4 is 4.57 Å². The van der Waals surface area contributed by atoms with Crippen LogP contribution in [0.2, 0.25) is 0 Å². The molecule has 1 N–H and O–H groups in total. The number of hydrogen-bond acceptors (Lipinski definition) is 6. The topological polar surface area (TPSA) is 70.7 Å². The van der Waals surface area contributed by atoms with E-state index in [0.29, 0.717) is 13.0 Å². The Morgan fingerprint density at radius 1 is 1.31 bits per heavy atom. The van der Waals surface area contributed by atoms with Crippen LogP contribution in [0.4, 0.5) is 0 Å². The zero-order chi connectivity index (χ0) is 25.2. The van der Waals surface area contributed by atoms with Crippen molar-refractivity contribution in [1.82, 2.24) is 4.90 Å². The van der Waals surface area contributed by atoms with E-state index in [0.717, 1.165) is 23.8 Å². The summed E-state index contributed by atoms with van der Waals surface area (Å²) < 4.78 is 41.0. The van der Waals surface area contributed by atoms with Crippen LogP contribution in [0.25, 0.3) is 16.3 Å². The molecule has 2 aromatic rings. The van der Waals surface area contributed by atoms with E-state index in [-0.39, 0.29) is 17.0 Å². The van der Waals surface area contributed by atoms with Crippen molar-refractivity contribution in [2.24, 2.45) is 0 Å². The molecule has 6 nitrogen and oxygen atoms in total. The molecule has 2 heterocycles. The Hall–Kier alpha value is -2.07. The molecule has 1 aliphatic heterocycles. The monoisotopic (exact) mass is 533 g/mol. The number of allylic oxidation sites excluding steroid dienone is 3. The van der Waals surface area contributed by atoms with Gasteiger partial charge in [0.05, 0.1) is 29.2 Å². The predicted octanol–water partition coefficient (Wildman–Crippen LogP) is 5.32. The molecule has 9 heteroatoms. The Morgan fingerprint density at radius 2 is 2.11 bits per heavy atom. The number of benzene rings is 1. The van der Waals surface area contributed by atoms with Crippen LogP contribution in [0.3, 0.4) is 0 Å². The number of aryl methyl sites for hydroxylation is 2. The number of rotatable bonds is 9. The van der Waals surface area contributed by atoms with Gasteiger partial charge in [-0.05, 0) is 62.1 Å². The second-order valence-corrected chi connectivity index (χ2v) is 12.6. The summed E-state index contributed by atoms with van der Waals surface area (Å²) in [7, 11) is -2.33. The largest absolute Gasteiger partial charge is 0.497 e. The zero-order valence-electron chi connectivity index (χ0n) is 20.6. The van der Waals surface area contributed by atoms with Gasteiger partial charge < -0.3 is 9.64 Å². The molecular weight excluding hydrogens is 500 g/mol. The molecule has 0 saturated carbocycles. The van der Waals surface area contributed by atoms with Crippen LogP contribution in [0.1, 0.15) is 37.3 Å². The number of methoxy groups -OCH3 is 1. The number of fused-ring (bicyclic) bond motifs is 2. The van der Waals surface area contributed by atoms with E-state index in [1.165, 1.54) is 26.4 Å². The predicted molar refractivity (Wildman–Crippen MR) is 146 cm³/mol. The fraction of sp³-hybridized carbons (Fsp3) is 0.423. The summed E-state index contributed by atoms with van der Waals surface area (Å²) in [4.78, 5) is 2.24. The van der Waals surface area contributed by atoms with Crippen molar-refractivity contribution in [3.8, 4) is 0 Å². The maximum Gasteiger partial charge on any atom is 0.264 e. The average Bonchev–Trinajstić information content (AvgIpc) is 3.33. The first-order valence-corrected chi connectivity index (χ1v) is 15.2. The first-order chi connectivity index (χ1) is 16.7. The molecule has 0 amide bonds. The number of aromatic nitrogens is 1. The summed E-state index contributed by atoms with van der Waals surface area (Å²) in [5.74, 6) is 0.563. The van der Waals surface area contributed by atoms with Gasteiger partial charge in [0, 0.05) is 18.7 Å². The van der Waals surface area contributed by atoms with E-state index in [1.807, 2.05) is 6.08 Å². The lowest BCUT2D eigenvalue weighted by Gasteiger charge is -2.28. The summed E-state index contributed by atoms with van der Waals surface area (Å²) in [6.45, 7) is 7.90. The maximum absolute atomic E-state index is 11.3. The van der Waals surface area contributed by atoms with Crippen LogP contribution in [0.15, 0.2) is 58.9 Å². The van der Waals surface area contributed by atoms with Crippen molar-refractivity contribution < 1.29 is 22.3 Å². The summed E-state index contributed by atoms with van der Waals surface area (Å²) in [5, 5.41) is 2.57. The van der Waals surface area contributed by atoms with Crippen LogP contribution in [-0.2, 0) is 21.4 Å². The van der Waals surface area contributed by atoms with E-state index in [1.54, 1.807) is 30.2 Å². The second-order valence-electron chi connectivity index (χ2n) is 8.75. The Labute approximate surface area is 216 Å². The highest BCUT2D eigenvalue weighted by Crippen LogP contribution is 2.43. The molecule has 1 saturated heterocycles. The van der Waals surface area contributed by atoms with E-state index >= 15 is 0 Å². The smallest absolute Gasteiger partial charge is 0.264 e. The minimum absolute atomic E-state index is 0.0820. The number of ether oxygens (including phenoxy) is 1. The van der Waals surface area contributed by atoms with E-state index < -0.39 is 10.1 Å². The molecule has 1 fully saturated rings. The highest BCUT2D eigenvalue weighted by Gasteiger charge is 2.37. The summed E-state index contributed by atoms with van der Waals surface area (Å²) in [5.41, 5.74) is 3.74. The lowest BCUT2D eigenvalue weighted by Crippen LogP contribution is -2.35. The first kappa shape index (κ1) is 26.0. The zero-order valence-corrected chi connectivity index (χ0v) is 23.0. The van der Waals surface area contributed by atoms with Gasteiger partial charge in [-0.3, -0.25) is 4.55 Å². The molecule has 2 aliphatic rings. The number of thiazole rings is 1. The third-order valence-electron chi connectivity index (χ3n) is 6.29. The Bertz CT molecular complexity index is 1320. The Kier molecular flexibility index (Phi) is 8.10. The fourth-order valence-electron chi connectivity index (χ4n) is 4.49. The van der Waals surface area contributed by atoms with Crippen molar-refractivity contribution in [3.05, 3.63) is 69.4 Å². The Balaban J connectivity index is 1.69. The quantitative estimate of drug-likeness (QED) is 0.348. The molecule has 0 spiro atoms. The van der Waals surface area contributed by atoms with E-state index in [4.69, 9.17) is 4.74 Å². The molecule has 35 heavy (non-hydrogen) atoms. The third kappa shape index (κ3) is 6.02. The molecule has 0 bridgehead atoms. The second kappa shape index (κ2) is 10.9. The van der Waals surface area contributed by atoms with Crippen LogP contribution in [0.5, 0.6) is 0 Å². The van der Waals surface area contributed by atoms with Crippen LogP contribution in [0, 0.1) is 6.92 Å². The number of thioether (sulfide) groups is 1. The highest BCUT2D eigenvalue weighted by atomic mass is 32.2. The maximum atomic E-state index is 11.3. The molecule has 2 atom stereocenters. The third-order valence-corrected chi connectivity index (χ3v) is 9.51. The number of nitrogens with zero attached hydrogens (tertiary/aromatic N) is 2. The molecule has 1 aromatic carbocycles. The van der Waals surface area contributed by atoms with Crippen molar-refractivity contribution in [2.45, 2.75) is 51.4 Å². The van der Waals surface area contributed by atoms with Gasteiger partial charge in [-0.1, -0.05) is 42.2 Å². The van der Waals surface area contributed by atoms with E-state index in [2.05, 4.69) is 72.7 Å². The van der Waals surface area contributed by atoms with Gasteiger partial charge in [0.2, 0.25) is 5.52 Å². The van der Waals surface area contributed by atoms with Crippen LogP contribution >= 0.6 is 23.1 Å². The van der Waals surface area contributed by atoms with Gasteiger partial charge in [-0.25, -0.2) is 0 Å². The highest BCUT2D eigenvalue weighted by molar-refractivity contribution is 8.04. The van der Waals surface area contributed by atoms with Gasteiger partial charge in [0.15, 0.2) is 0 Å². The van der Waals surface area contributed by atoms with Gasteiger partial charge in [-0.15, -0.1) is 0 Å². The molecule has 188 valence electrons. The van der Waals surface area contributed by atoms with Crippen molar-refractivity contribution in [3.63, 3.8) is 0 Å². The molecule has 0 radical (unpaired) electrons. The SMILES string of the molecule is CCC(/C=C1\SC2C=CC(OC)=CC2N1CCCS(=O)(=O)O)=C\c1sc2ccc(C)cc2[n+]1CC. The lowest BCUT2D eigenvalue weighted by molar-refractivity contribution is -0.665. The van der Waals surface area contributed by atoms with E-state index in [9.17, 15) is 13.0 Å². The Morgan fingerprint density at radius 3 is 2.80 bits per heavy atom. The van der Waals surface area contributed by atoms with Gasteiger partial charge >= 0.3 is 0 Å². The van der Waals surface area contributed by atoms with Crippen molar-refractivity contribution in [2.75, 3.05) is 19.4 Å². The summed E-state index contributed by atoms with van der Waals surface area (Å²) in [6.07, 6.45) is 12.0. The summed E-state index contributed by atoms with van der Waals surface area (Å²) in [6, 6.07) is 6.69. The lowest BCUT2D eigenvalue weighted by atomic mass is 10.1. The molecular formula is C26H33N2O4S3+. The van der Waals surface area contributed by atoms with Gasteiger partial charge in [0.1, 0.15) is 17.0 Å². The number of hydrogen-bond donors (Lipinski definition) is 1. The molecule has 1 aromatic heterocycles. The molecule has 1 aliphatic carbocycles. The molecule has 2 unspecified atom stereocenters.